The Balaban J connectivity index is 1.50. The number of thiazole rings is 1. The van der Waals surface area contributed by atoms with E-state index in [9.17, 15) is 18.0 Å². The van der Waals surface area contributed by atoms with Crippen LogP contribution in [0.5, 0.6) is 0 Å². The van der Waals surface area contributed by atoms with Crippen LogP contribution in [0.4, 0.5) is 15.6 Å². The molecule has 3 N–H and O–H groups in total. The quantitative estimate of drug-likeness (QED) is 0.323. The molecular formula is C23H30N8O4S2. The Morgan fingerprint density at radius 2 is 1.97 bits per heavy atom. The number of tetrazole rings is 1. The van der Waals surface area contributed by atoms with Crippen molar-refractivity contribution in [1.29, 1.82) is 0 Å². The van der Waals surface area contributed by atoms with Gasteiger partial charge in [0.25, 0.3) is 5.16 Å². The van der Waals surface area contributed by atoms with Crippen LogP contribution in [0.1, 0.15) is 58.2 Å². The molecule has 0 spiro atoms. The molecule has 1 fully saturated rings. The van der Waals surface area contributed by atoms with Gasteiger partial charge in [0, 0.05) is 22.6 Å². The van der Waals surface area contributed by atoms with Gasteiger partial charge in [0.2, 0.25) is 9.84 Å². The van der Waals surface area contributed by atoms with Gasteiger partial charge in [-0.25, -0.2) is 18.2 Å². The molecular weight excluding hydrogens is 516 g/mol. The van der Waals surface area contributed by atoms with E-state index in [-0.39, 0.29) is 23.3 Å². The monoisotopic (exact) mass is 546 g/mol. The van der Waals surface area contributed by atoms with E-state index in [2.05, 4.69) is 36.2 Å². The third kappa shape index (κ3) is 6.37. The largest absolute Gasteiger partial charge is 0.325 e. The summed E-state index contributed by atoms with van der Waals surface area (Å²) in [5.74, 6) is 0.0237. The first kappa shape index (κ1) is 26.8. The van der Waals surface area contributed by atoms with Gasteiger partial charge in [0.1, 0.15) is 5.25 Å². The van der Waals surface area contributed by atoms with Crippen LogP contribution in [-0.4, -0.2) is 71.4 Å². The number of benzene rings is 1. The average molecular weight is 547 g/mol. The Hall–Kier alpha value is -3.23. The van der Waals surface area contributed by atoms with Crippen molar-refractivity contribution in [2.45, 2.75) is 49.4 Å². The number of ketones is 1. The predicted octanol–water partition coefficient (Wildman–Crippen LogP) is 3.45. The summed E-state index contributed by atoms with van der Waals surface area (Å²) in [4.78, 5) is 32.4. The zero-order valence-electron chi connectivity index (χ0n) is 20.9. The van der Waals surface area contributed by atoms with Crippen LogP contribution in [0.25, 0.3) is 0 Å². The first-order valence-electron chi connectivity index (χ1n) is 12.0. The topological polar surface area (TPSA) is 163 Å². The number of amides is 2. The highest BCUT2D eigenvalue weighted by molar-refractivity contribution is 7.91. The Kier molecular flexibility index (Phi) is 8.29. The lowest BCUT2D eigenvalue weighted by molar-refractivity contribution is 0.0923. The Labute approximate surface area is 219 Å². The van der Waals surface area contributed by atoms with Gasteiger partial charge in [-0.05, 0) is 64.2 Å². The molecule has 1 atom stereocenters. The maximum Gasteiger partial charge on any atom is 0.325 e. The fraction of sp³-hybridized carbons (Fsp3) is 0.478. The number of nitrogens with zero attached hydrogens (tertiary/aromatic N) is 5. The van der Waals surface area contributed by atoms with Crippen molar-refractivity contribution in [3.63, 3.8) is 0 Å². The first-order chi connectivity index (χ1) is 17.6. The maximum atomic E-state index is 13.2. The number of hydrogen-bond acceptors (Lipinski definition) is 10. The van der Waals surface area contributed by atoms with E-state index in [0.29, 0.717) is 22.7 Å². The molecule has 1 unspecified atom stereocenters. The second-order valence-corrected chi connectivity index (χ2v) is 12.4. The van der Waals surface area contributed by atoms with Gasteiger partial charge in [-0.3, -0.25) is 10.1 Å². The maximum absolute atomic E-state index is 13.2. The number of sulfone groups is 1. The molecule has 37 heavy (non-hydrogen) atoms. The van der Waals surface area contributed by atoms with Crippen molar-refractivity contribution >= 4 is 43.8 Å². The van der Waals surface area contributed by atoms with E-state index >= 15 is 0 Å². The minimum absolute atomic E-state index is 0.0211. The summed E-state index contributed by atoms with van der Waals surface area (Å²) in [7, 11) is -0.244. The van der Waals surface area contributed by atoms with Gasteiger partial charge in [-0.2, -0.15) is 5.21 Å². The number of urea groups is 1. The van der Waals surface area contributed by atoms with Crippen LogP contribution < -0.4 is 10.6 Å². The number of carbonyl (C=O) groups is 2. The lowest BCUT2D eigenvalue weighted by Crippen LogP contribution is -2.22. The summed E-state index contributed by atoms with van der Waals surface area (Å²) in [6.45, 7) is 2.40. The lowest BCUT2D eigenvalue weighted by atomic mass is 9.94. The summed E-state index contributed by atoms with van der Waals surface area (Å²) in [6.07, 6.45) is 5.50. The molecule has 12 nitrogen and oxygen atoms in total. The van der Waals surface area contributed by atoms with Crippen molar-refractivity contribution in [3.8, 4) is 0 Å². The second kappa shape index (κ2) is 11.4. The number of anilines is 2. The number of aromatic amines is 1. The molecule has 2 amide bonds. The van der Waals surface area contributed by atoms with Crippen LogP contribution in [-0.2, 0) is 9.84 Å². The average Bonchev–Trinajstić information content (AvgIpc) is 3.63. The summed E-state index contributed by atoms with van der Waals surface area (Å²) in [6, 6.07) is 4.78. The zero-order chi connectivity index (χ0) is 26.6. The van der Waals surface area contributed by atoms with Crippen LogP contribution >= 0.6 is 11.3 Å². The molecule has 2 aromatic heterocycles. The molecule has 0 radical (unpaired) electrons. The zero-order valence-corrected chi connectivity index (χ0v) is 22.5. The number of rotatable bonds is 10. The van der Waals surface area contributed by atoms with Gasteiger partial charge in [-0.1, -0.05) is 29.6 Å². The smallest absolute Gasteiger partial charge is 0.309 e. The van der Waals surface area contributed by atoms with E-state index in [0.717, 1.165) is 42.6 Å². The van der Waals surface area contributed by atoms with Gasteiger partial charge >= 0.3 is 6.03 Å². The molecule has 1 saturated carbocycles. The summed E-state index contributed by atoms with van der Waals surface area (Å²) in [5.41, 5.74) is 1.86. The van der Waals surface area contributed by atoms with E-state index < -0.39 is 26.3 Å². The molecule has 3 aromatic rings. The van der Waals surface area contributed by atoms with Gasteiger partial charge in [0.15, 0.2) is 10.9 Å². The van der Waals surface area contributed by atoms with Gasteiger partial charge in [0.05, 0.1) is 5.69 Å². The van der Waals surface area contributed by atoms with Gasteiger partial charge < -0.3 is 10.2 Å². The van der Waals surface area contributed by atoms with Crippen molar-refractivity contribution in [3.05, 3.63) is 40.4 Å². The fourth-order valence-corrected chi connectivity index (χ4v) is 7.06. The second-order valence-electron chi connectivity index (χ2n) is 9.36. The number of carbonyl (C=O) groups excluding carboxylic acids is 2. The molecule has 2 heterocycles. The number of H-pyrrole nitrogens is 1. The molecule has 198 valence electrons. The van der Waals surface area contributed by atoms with Crippen LogP contribution in [0, 0.1) is 12.8 Å². The molecule has 14 heteroatoms. The molecule has 0 bridgehead atoms. The minimum Gasteiger partial charge on any atom is -0.309 e. The highest BCUT2D eigenvalue weighted by Crippen LogP contribution is 2.35. The molecule has 1 aromatic carbocycles. The standard InChI is InChI=1S/C23H30N8O4S2/c1-14-8-9-17(16(12-14)20(32)15-6-4-5-7-15)25-21(33)26-22-24-13-18(36-22)19(10-11-31(2)3)37(34,35)23-27-29-30-28-23/h8-9,12-13,15,19H,4-7,10-11H2,1-3H3,(H2,24,25,26,33)(H,27,28,29,30). The Bertz CT molecular complexity index is 1350. The number of aromatic nitrogens is 5. The highest BCUT2D eigenvalue weighted by Gasteiger charge is 2.34. The Morgan fingerprint density at radius 3 is 2.65 bits per heavy atom. The number of hydrogen-bond donors (Lipinski definition) is 3. The Morgan fingerprint density at radius 1 is 1.22 bits per heavy atom. The molecule has 1 aliphatic carbocycles. The summed E-state index contributed by atoms with van der Waals surface area (Å²) < 4.78 is 26.3. The fourth-order valence-electron chi connectivity index (χ4n) is 4.35. The van der Waals surface area contributed by atoms with Crippen LogP contribution in [0.2, 0.25) is 0 Å². The number of Topliss-reactive ketones (excluding diaryl/α,β-unsaturated/α-hetero) is 1. The van der Waals surface area contributed by atoms with E-state index in [4.69, 9.17) is 0 Å². The summed E-state index contributed by atoms with van der Waals surface area (Å²) >= 11 is 1.06. The van der Waals surface area contributed by atoms with E-state index in [1.807, 2.05) is 32.0 Å². The van der Waals surface area contributed by atoms with Crippen molar-refractivity contribution < 1.29 is 18.0 Å². The molecule has 0 aliphatic heterocycles. The highest BCUT2D eigenvalue weighted by atomic mass is 32.2. The van der Waals surface area contributed by atoms with Crippen molar-refractivity contribution in [1.82, 2.24) is 30.5 Å². The molecule has 0 saturated heterocycles. The third-order valence-electron chi connectivity index (χ3n) is 6.27. The van der Waals surface area contributed by atoms with E-state index in [1.54, 1.807) is 12.1 Å². The first-order valence-corrected chi connectivity index (χ1v) is 14.3. The van der Waals surface area contributed by atoms with Gasteiger partial charge in [-0.15, -0.1) is 16.4 Å². The third-order valence-corrected chi connectivity index (χ3v) is 9.37. The molecule has 4 rings (SSSR count). The normalized spacial score (nSPS) is 15.1. The van der Waals surface area contributed by atoms with Crippen molar-refractivity contribution in [2.24, 2.45) is 5.92 Å². The minimum atomic E-state index is -3.94. The van der Waals surface area contributed by atoms with E-state index in [1.165, 1.54) is 6.20 Å². The lowest BCUT2D eigenvalue weighted by Gasteiger charge is -2.16. The number of aryl methyl sites for hydroxylation is 1. The SMILES string of the molecule is Cc1ccc(NC(=O)Nc2ncc(C(CCN(C)C)S(=O)(=O)c3nn[nH]n3)s2)c(C(=O)C2CCCC2)c1. The summed E-state index contributed by atoms with van der Waals surface area (Å²) in [5, 5.41) is 17.1. The van der Waals surface area contributed by atoms with Crippen molar-refractivity contribution in [2.75, 3.05) is 31.3 Å². The van der Waals surface area contributed by atoms with Crippen LogP contribution in [0.15, 0.2) is 29.6 Å². The predicted molar refractivity (Wildman–Crippen MR) is 139 cm³/mol. The number of nitrogens with one attached hydrogen (secondary N) is 3. The van der Waals surface area contributed by atoms with Crippen LogP contribution in [0.3, 0.4) is 0 Å². The molecule has 1 aliphatic rings.